The molecule has 10 atom stereocenters. The number of methoxy groups -OCH3 is 2. The fourth-order valence-electron chi connectivity index (χ4n) is 9.23. The van der Waals surface area contributed by atoms with E-state index in [1.807, 2.05) is 33.8 Å². The van der Waals surface area contributed by atoms with E-state index >= 15 is 0 Å². The quantitative estimate of drug-likeness (QED) is 0.105. The van der Waals surface area contributed by atoms with Crippen LogP contribution in [0.2, 0.25) is 0 Å². The number of phenols is 3. The van der Waals surface area contributed by atoms with Gasteiger partial charge in [-0.2, -0.15) is 5.10 Å². The first-order valence-electron chi connectivity index (χ1n) is 21.8. The van der Waals surface area contributed by atoms with Crippen molar-refractivity contribution in [3.05, 3.63) is 52.8 Å². The first kappa shape index (κ1) is 48.3. The number of hydrazone groups is 1. The van der Waals surface area contributed by atoms with Crippen LogP contribution in [0.25, 0.3) is 10.8 Å². The second-order valence-electron chi connectivity index (χ2n) is 17.8. The van der Waals surface area contributed by atoms with Gasteiger partial charge in [0.25, 0.3) is 11.7 Å². The highest BCUT2D eigenvalue weighted by Crippen LogP contribution is 2.55. The van der Waals surface area contributed by atoms with E-state index in [2.05, 4.69) is 15.3 Å². The van der Waals surface area contributed by atoms with Crippen molar-refractivity contribution in [2.45, 2.75) is 98.1 Å². The van der Waals surface area contributed by atoms with Gasteiger partial charge in [-0.3, -0.25) is 24.3 Å². The van der Waals surface area contributed by atoms with Crippen LogP contribution >= 0.6 is 0 Å². The molecule has 0 spiro atoms. The SMILES string of the molecule is COCCN1CCN(N=Cc2c3c(O)c4c(O)c(C)c5c(c4c2O)C(=O)C(C)(OC=CC(OC)C(C)C(OC(C)=O)C(C)C(O)C(C)C2OC(C)(C=CC=C(C)C(=O)N3)C2C)O5)CC1. The van der Waals surface area contributed by atoms with Crippen LogP contribution in [-0.2, 0) is 33.3 Å². The maximum absolute atomic E-state index is 14.6. The van der Waals surface area contributed by atoms with Gasteiger partial charge in [-0.1, -0.05) is 45.9 Å². The standard InChI is InChI=1S/C47H64N4O13/c1-24-13-12-15-46(8)29(6)42(63-46)27(4)37(53)26(3)41(62-30(7)52)25(2)32(60-11)14-21-61-47(9)44(57)35-33-34(38(54)28(5)43(35)64-47)40(56)36(49-45(24)58)31(39(33)55)23-48-51-18-16-50(17-19-51)20-22-59-10/h12-15,21,23,25-27,29,32,37,41-42,53-56H,16-20,22H2,1-11H3,(H,49,58). The van der Waals surface area contributed by atoms with Crippen LogP contribution in [0.3, 0.4) is 0 Å². The number of carbonyl (C=O) groups is 3. The van der Waals surface area contributed by atoms with E-state index in [0.29, 0.717) is 32.8 Å². The van der Waals surface area contributed by atoms with Crippen molar-refractivity contribution in [1.29, 1.82) is 0 Å². The summed E-state index contributed by atoms with van der Waals surface area (Å²) >= 11 is 0. The maximum Gasteiger partial charge on any atom is 0.312 e. The van der Waals surface area contributed by atoms with E-state index in [0.717, 1.165) is 6.54 Å². The Hall–Kier alpha value is -5.20. The predicted octanol–water partition coefficient (Wildman–Crippen LogP) is 5.15. The Morgan fingerprint density at radius 1 is 0.984 bits per heavy atom. The molecule has 5 N–H and O–H groups in total. The molecule has 1 amide bonds. The Bertz CT molecular complexity index is 2250. The lowest BCUT2D eigenvalue weighted by atomic mass is 9.70. The third-order valence-corrected chi connectivity index (χ3v) is 13.6. The molecule has 8 rings (SSSR count). The van der Waals surface area contributed by atoms with Crippen molar-refractivity contribution in [1.82, 2.24) is 9.91 Å². The smallest absolute Gasteiger partial charge is 0.312 e. The number of phenolic OH excluding ortho intramolecular Hbond substituents is 3. The lowest BCUT2D eigenvalue weighted by Gasteiger charge is -2.54. The minimum Gasteiger partial charge on any atom is -0.507 e. The molecule has 17 heteroatoms. The summed E-state index contributed by atoms with van der Waals surface area (Å²) in [6, 6.07) is 0. The van der Waals surface area contributed by atoms with E-state index in [4.69, 9.17) is 28.4 Å². The molecule has 2 aromatic rings. The molecule has 350 valence electrons. The zero-order valence-corrected chi connectivity index (χ0v) is 38.6. The van der Waals surface area contributed by atoms with Gasteiger partial charge in [-0.15, -0.1) is 0 Å². The Labute approximate surface area is 374 Å². The summed E-state index contributed by atoms with van der Waals surface area (Å²) in [6.07, 6.45) is 6.27. The number of benzene rings is 2. The number of hydrogen-bond acceptors (Lipinski definition) is 16. The second-order valence-corrected chi connectivity index (χ2v) is 17.8. The summed E-state index contributed by atoms with van der Waals surface area (Å²) in [5.74, 6) is -7.31. The van der Waals surface area contributed by atoms with Gasteiger partial charge in [0.05, 0.1) is 65.2 Å². The molecule has 17 nitrogen and oxygen atoms in total. The topological polar surface area (TPSA) is 218 Å². The van der Waals surface area contributed by atoms with Crippen molar-refractivity contribution >= 4 is 40.3 Å². The molecule has 2 fully saturated rings. The van der Waals surface area contributed by atoms with Gasteiger partial charge in [0.1, 0.15) is 23.4 Å². The van der Waals surface area contributed by atoms with Crippen LogP contribution in [0.4, 0.5) is 5.69 Å². The van der Waals surface area contributed by atoms with Crippen molar-refractivity contribution in [3.63, 3.8) is 0 Å². The second kappa shape index (κ2) is 19.1. The first-order valence-corrected chi connectivity index (χ1v) is 21.8. The number of amides is 1. The lowest BCUT2D eigenvalue weighted by molar-refractivity contribution is -0.251. The lowest BCUT2D eigenvalue weighted by Crippen LogP contribution is -2.60. The largest absolute Gasteiger partial charge is 0.507 e. The summed E-state index contributed by atoms with van der Waals surface area (Å²) in [6.45, 7) is 19.0. The Kier molecular flexibility index (Phi) is 14.4. The molecule has 7 bridgehead atoms. The van der Waals surface area contributed by atoms with Gasteiger partial charge in [-0.25, -0.2) is 0 Å². The predicted molar refractivity (Wildman–Crippen MR) is 239 cm³/mol. The molecule has 0 aromatic heterocycles. The summed E-state index contributed by atoms with van der Waals surface area (Å²) < 4.78 is 35.5. The molecule has 10 unspecified atom stereocenters. The van der Waals surface area contributed by atoms with E-state index in [9.17, 15) is 34.8 Å². The minimum atomic E-state index is -2.04. The molecular formula is C47H64N4O13. The summed E-state index contributed by atoms with van der Waals surface area (Å²) in [5, 5.41) is 56.3. The fraction of sp³-hybridized carbons (Fsp3) is 0.574. The molecule has 0 aliphatic carbocycles. The Morgan fingerprint density at radius 2 is 1.67 bits per heavy atom. The number of piperazine rings is 1. The van der Waals surface area contributed by atoms with Crippen molar-refractivity contribution < 1.29 is 63.2 Å². The number of allylic oxidation sites excluding steroid dienone is 2. The molecule has 2 aromatic carbocycles. The number of ketones is 1. The average Bonchev–Trinajstić information content (AvgIpc) is 3.53. The zero-order valence-electron chi connectivity index (χ0n) is 38.6. The number of anilines is 1. The van der Waals surface area contributed by atoms with Crippen molar-refractivity contribution in [2.75, 3.05) is 58.9 Å². The number of nitrogens with zero attached hydrogens (tertiary/aromatic N) is 3. The van der Waals surface area contributed by atoms with Crippen LogP contribution in [0.15, 0.2) is 41.2 Å². The van der Waals surface area contributed by atoms with Crippen molar-refractivity contribution in [2.24, 2.45) is 28.8 Å². The molecule has 6 heterocycles. The monoisotopic (exact) mass is 892 g/mol. The number of rotatable bonds is 7. The molecule has 6 aliphatic heterocycles. The minimum absolute atomic E-state index is 0.0621. The number of nitrogens with one attached hydrogen (secondary N) is 1. The highest BCUT2D eigenvalue weighted by molar-refractivity contribution is 6.23. The molecule has 6 aliphatic rings. The highest BCUT2D eigenvalue weighted by Gasteiger charge is 2.53. The fourth-order valence-corrected chi connectivity index (χ4v) is 9.23. The number of aliphatic hydroxyl groups is 1. The van der Waals surface area contributed by atoms with Crippen LogP contribution in [0.1, 0.15) is 76.9 Å². The van der Waals surface area contributed by atoms with Gasteiger partial charge in [0.15, 0.2) is 5.75 Å². The zero-order chi connectivity index (χ0) is 47.0. The third-order valence-electron chi connectivity index (χ3n) is 13.6. The van der Waals surface area contributed by atoms with E-state index in [1.165, 1.54) is 46.4 Å². The molecule has 2 saturated heterocycles. The Balaban J connectivity index is 1.48. The van der Waals surface area contributed by atoms with Gasteiger partial charge in [0.2, 0.25) is 0 Å². The van der Waals surface area contributed by atoms with Crippen LogP contribution in [0.5, 0.6) is 23.0 Å². The number of ether oxygens (including phenoxy) is 6. The maximum atomic E-state index is 14.6. The number of Topliss-reactive ketones (excluding diaryl/α,β-unsaturated/α-hetero) is 1. The van der Waals surface area contributed by atoms with E-state index < -0.39 is 76.4 Å². The molecule has 0 saturated carbocycles. The summed E-state index contributed by atoms with van der Waals surface area (Å²) in [7, 11) is 3.12. The summed E-state index contributed by atoms with van der Waals surface area (Å²) in [4.78, 5) is 43.2. The number of aromatic hydroxyl groups is 3. The van der Waals surface area contributed by atoms with Gasteiger partial charge in [-0.05, 0) is 26.8 Å². The number of hydrogen-bond donors (Lipinski definition) is 5. The van der Waals surface area contributed by atoms with E-state index in [-0.39, 0.29) is 62.4 Å². The number of aliphatic hydroxyl groups excluding tert-OH is 1. The highest BCUT2D eigenvalue weighted by atomic mass is 16.7. The number of carbonyl (C=O) groups excluding carboxylic acids is 3. The van der Waals surface area contributed by atoms with Crippen LogP contribution < -0.4 is 10.1 Å². The van der Waals surface area contributed by atoms with Gasteiger partial charge >= 0.3 is 11.8 Å². The third kappa shape index (κ3) is 9.05. The molecular weight excluding hydrogens is 829 g/mol. The average molecular weight is 893 g/mol. The van der Waals surface area contributed by atoms with Crippen LogP contribution in [0, 0.1) is 30.6 Å². The Morgan fingerprint density at radius 3 is 2.30 bits per heavy atom. The van der Waals surface area contributed by atoms with Crippen LogP contribution in [-0.4, -0.2) is 144 Å². The summed E-state index contributed by atoms with van der Waals surface area (Å²) in [5.41, 5.74) is -1.01. The van der Waals surface area contributed by atoms with Gasteiger partial charge < -0.3 is 54.2 Å². The molecule has 0 radical (unpaired) electrons. The molecule has 64 heavy (non-hydrogen) atoms. The normalized spacial score (nSPS) is 31.7. The first-order chi connectivity index (χ1) is 30.2. The number of esters is 1. The van der Waals surface area contributed by atoms with Crippen molar-refractivity contribution in [3.8, 4) is 23.0 Å². The van der Waals surface area contributed by atoms with Gasteiger partial charge in [0, 0.05) is 101 Å². The van der Waals surface area contributed by atoms with E-state index in [1.54, 1.807) is 38.1 Å².